The van der Waals surface area contributed by atoms with Crippen LogP contribution in [0, 0.1) is 11.8 Å². The summed E-state index contributed by atoms with van der Waals surface area (Å²) in [5, 5.41) is 104. The summed E-state index contributed by atoms with van der Waals surface area (Å²) in [5.41, 5.74) is 0. The van der Waals surface area contributed by atoms with Gasteiger partial charge in [0.1, 0.15) is 61.0 Å². The maximum Gasteiger partial charge on any atom is 0.210 e. The third kappa shape index (κ3) is 5.29. The van der Waals surface area contributed by atoms with E-state index in [1.165, 1.54) is 19.3 Å². The van der Waals surface area contributed by atoms with Gasteiger partial charge in [-0.25, -0.2) is 0 Å². The van der Waals surface area contributed by atoms with Gasteiger partial charge in [0.25, 0.3) is 0 Å². The highest BCUT2D eigenvalue weighted by molar-refractivity contribution is 5.16. The van der Waals surface area contributed by atoms with E-state index in [0.29, 0.717) is 0 Å². The first-order valence-corrected chi connectivity index (χ1v) is 14.2. The fourth-order valence-electron chi connectivity index (χ4n) is 6.64. The summed E-state index contributed by atoms with van der Waals surface area (Å²) in [6.07, 6.45) is -19.6. The van der Waals surface area contributed by atoms with Crippen molar-refractivity contribution >= 4 is 0 Å². The molecule has 19 atom stereocenters. The second kappa shape index (κ2) is 12.4. The first-order chi connectivity index (χ1) is 19.9. The minimum Gasteiger partial charge on any atom is -0.495 e. The molecule has 1 aliphatic carbocycles. The lowest BCUT2D eigenvalue weighted by Gasteiger charge is -2.62. The summed E-state index contributed by atoms with van der Waals surface area (Å²) in [6, 6.07) is 0. The van der Waals surface area contributed by atoms with Crippen molar-refractivity contribution in [2.75, 3.05) is 13.2 Å². The minimum atomic E-state index is -2.06. The van der Waals surface area contributed by atoms with Crippen molar-refractivity contribution in [3.63, 3.8) is 0 Å². The standard InChI is InChI=1S/C26H42O16/c1-8-12(5-10(29)18(32)16(8)30)39-23-21(35)19(33)14(7-28)40-25(23)42-26(15-11(41-26)3-4-37-13(15)6-27)24-22(36)20(34)17(31)9(2)38-24/h3-4,8-25,27-36H,5-7H2,1-2H3/t8?,9?,10?,11-,12-,13?,14?,15-,16+,17-,18+,19+,20?,21+,22+,23-,24+,25+,26?/m1/s1. The van der Waals surface area contributed by atoms with Crippen molar-refractivity contribution in [3.05, 3.63) is 12.3 Å². The molecule has 4 aliphatic heterocycles. The van der Waals surface area contributed by atoms with Crippen molar-refractivity contribution in [1.82, 2.24) is 0 Å². The molecule has 1 saturated carbocycles. The summed E-state index contributed by atoms with van der Waals surface area (Å²) >= 11 is 0. The maximum absolute atomic E-state index is 11.1. The smallest absolute Gasteiger partial charge is 0.210 e. The molecule has 0 aromatic rings. The van der Waals surface area contributed by atoms with Gasteiger partial charge in [-0.05, 0) is 13.0 Å². The van der Waals surface area contributed by atoms with Gasteiger partial charge in [0.05, 0.1) is 55.9 Å². The molecule has 16 nitrogen and oxygen atoms in total. The Bertz CT molecular complexity index is 955. The zero-order valence-electron chi connectivity index (χ0n) is 23.1. The molecule has 5 rings (SSSR count). The SMILES string of the molecule is CC1O[C@H](C2(O[C@@H]3OC(CO)[C@H](O)[C@H](O)[C@H]3O[C@@H]3CC(O)[C@H](O)[C@@H](O)C3C)O[C@@H]3C=COC(CO)[C@@H]32)[C@@H](O)C(O)[C@@H]1O. The quantitative estimate of drug-likeness (QED) is 0.129. The zero-order valence-corrected chi connectivity index (χ0v) is 23.1. The molecule has 0 aromatic carbocycles. The van der Waals surface area contributed by atoms with Crippen molar-refractivity contribution in [2.45, 2.75) is 124 Å². The van der Waals surface area contributed by atoms with E-state index in [4.69, 9.17) is 28.4 Å². The average molecular weight is 611 g/mol. The van der Waals surface area contributed by atoms with Crippen LogP contribution in [0.15, 0.2) is 12.3 Å². The molecule has 0 spiro atoms. The van der Waals surface area contributed by atoms with Crippen molar-refractivity contribution in [2.24, 2.45) is 11.8 Å². The second-order valence-corrected chi connectivity index (χ2v) is 11.9. The number of hydrogen-bond acceptors (Lipinski definition) is 16. The molecule has 0 amide bonds. The molecule has 0 aromatic heterocycles. The van der Waals surface area contributed by atoms with E-state index >= 15 is 0 Å². The van der Waals surface area contributed by atoms with Gasteiger partial charge < -0.3 is 79.5 Å². The molecule has 10 N–H and O–H groups in total. The van der Waals surface area contributed by atoms with Crippen molar-refractivity contribution < 1.29 is 79.5 Å². The summed E-state index contributed by atoms with van der Waals surface area (Å²) in [4.78, 5) is 0. The Morgan fingerprint density at radius 2 is 1.48 bits per heavy atom. The predicted molar refractivity (Wildman–Crippen MR) is 134 cm³/mol. The molecule has 5 aliphatic rings. The van der Waals surface area contributed by atoms with Gasteiger partial charge in [-0.2, -0.15) is 0 Å². The van der Waals surface area contributed by atoms with Gasteiger partial charge in [0.2, 0.25) is 5.79 Å². The Hall–Kier alpha value is -1.06. The predicted octanol–water partition coefficient (Wildman–Crippen LogP) is -5.20. The molecule has 0 radical (unpaired) electrons. The molecule has 4 fully saturated rings. The van der Waals surface area contributed by atoms with Crippen molar-refractivity contribution in [3.8, 4) is 0 Å². The van der Waals surface area contributed by atoms with Gasteiger partial charge in [0.15, 0.2) is 6.29 Å². The number of aliphatic hydroxyl groups is 10. The average Bonchev–Trinajstić information content (AvgIpc) is 2.97. The van der Waals surface area contributed by atoms with Crippen LogP contribution in [0.3, 0.4) is 0 Å². The zero-order chi connectivity index (χ0) is 30.7. The summed E-state index contributed by atoms with van der Waals surface area (Å²) in [5.74, 6) is -3.70. The topological polar surface area (TPSA) is 258 Å². The highest BCUT2D eigenvalue weighted by Crippen LogP contribution is 2.52. The lowest BCUT2D eigenvalue weighted by atomic mass is 9.73. The van der Waals surface area contributed by atoms with Crippen LogP contribution < -0.4 is 0 Å². The van der Waals surface area contributed by atoms with E-state index in [9.17, 15) is 51.1 Å². The van der Waals surface area contributed by atoms with Gasteiger partial charge in [-0.15, -0.1) is 0 Å². The minimum absolute atomic E-state index is 0.154. The first kappa shape index (κ1) is 32.3. The largest absolute Gasteiger partial charge is 0.495 e. The van der Waals surface area contributed by atoms with Crippen LogP contribution in [0.4, 0.5) is 0 Å². The molecule has 42 heavy (non-hydrogen) atoms. The Morgan fingerprint density at radius 3 is 2.14 bits per heavy atom. The Kier molecular flexibility index (Phi) is 9.53. The normalized spacial score (nSPS) is 56.3. The Balaban J connectivity index is 1.50. The van der Waals surface area contributed by atoms with E-state index in [-0.39, 0.29) is 6.42 Å². The Labute approximate surface area is 241 Å². The van der Waals surface area contributed by atoms with Crippen LogP contribution in [-0.4, -0.2) is 168 Å². The fraction of sp³-hybridized carbons (Fsp3) is 0.923. The molecular weight excluding hydrogens is 568 g/mol. The summed E-state index contributed by atoms with van der Waals surface area (Å²) < 4.78 is 35.8. The molecular formula is C26H42O16. The van der Waals surface area contributed by atoms with Crippen LogP contribution in [0.2, 0.25) is 0 Å². The Morgan fingerprint density at radius 1 is 0.786 bits per heavy atom. The van der Waals surface area contributed by atoms with E-state index in [1.54, 1.807) is 6.92 Å². The first-order valence-electron chi connectivity index (χ1n) is 14.2. The van der Waals surface area contributed by atoms with E-state index in [1.807, 2.05) is 0 Å². The number of rotatable bonds is 7. The van der Waals surface area contributed by atoms with Gasteiger partial charge >= 0.3 is 0 Å². The molecule has 0 bridgehead atoms. The number of hydrogen-bond donors (Lipinski definition) is 10. The van der Waals surface area contributed by atoms with Crippen LogP contribution in [0.25, 0.3) is 0 Å². The third-order valence-electron chi connectivity index (χ3n) is 9.29. The van der Waals surface area contributed by atoms with Gasteiger partial charge in [-0.3, -0.25) is 0 Å². The van der Waals surface area contributed by atoms with Crippen molar-refractivity contribution in [1.29, 1.82) is 0 Å². The van der Waals surface area contributed by atoms with E-state index in [2.05, 4.69) is 0 Å². The van der Waals surface area contributed by atoms with E-state index < -0.39 is 129 Å². The number of ether oxygens (including phenoxy) is 6. The lowest BCUT2D eigenvalue weighted by Crippen LogP contribution is -2.78. The third-order valence-corrected chi connectivity index (χ3v) is 9.29. The molecule has 7 unspecified atom stereocenters. The number of fused-ring (bicyclic) bond motifs is 1. The number of aliphatic hydroxyl groups excluding tert-OH is 10. The maximum atomic E-state index is 11.1. The highest BCUT2D eigenvalue weighted by atomic mass is 16.8. The van der Waals surface area contributed by atoms with Crippen LogP contribution in [0.1, 0.15) is 20.3 Å². The molecule has 16 heteroatoms. The monoisotopic (exact) mass is 610 g/mol. The molecule has 3 saturated heterocycles. The fourth-order valence-corrected chi connectivity index (χ4v) is 6.64. The lowest BCUT2D eigenvalue weighted by molar-refractivity contribution is -0.485. The van der Waals surface area contributed by atoms with E-state index in [0.717, 1.165) is 0 Å². The molecule has 242 valence electrons. The molecule has 4 heterocycles. The summed E-state index contributed by atoms with van der Waals surface area (Å²) in [6.45, 7) is 1.75. The highest BCUT2D eigenvalue weighted by Gasteiger charge is 2.70. The second-order valence-electron chi connectivity index (χ2n) is 11.9. The van der Waals surface area contributed by atoms with Gasteiger partial charge in [-0.1, -0.05) is 6.92 Å². The van der Waals surface area contributed by atoms with Crippen LogP contribution in [0.5, 0.6) is 0 Å². The van der Waals surface area contributed by atoms with Crippen LogP contribution in [-0.2, 0) is 28.4 Å². The summed E-state index contributed by atoms with van der Waals surface area (Å²) in [7, 11) is 0. The van der Waals surface area contributed by atoms with Crippen LogP contribution >= 0.6 is 0 Å². The van der Waals surface area contributed by atoms with Gasteiger partial charge in [0, 0.05) is 12.3 Å².